The van der Waals surface area contributed by atoms with Crippen molar-refractivity contribution in [1.82, 2.24) is 4.98 Å². The van der Waals surface area contributed by atoms with Gasteiger partial charge in [-0.25, -0.2) is 0 Å². The fourth-order valence-corrected chi connectivity index (χ4v) is 2.90. The molecule has 1 heterocycles. The number of nitriles is 1. The van der Waals surface area contributed by atoms with Crippen molar-refractivity contribution in [2.24, 2.45) is 0 Å². The van der Waals surface area contributed by atoms with Gasteiger partial charge < -0.3 is 19.8 Å². The number of hydrogen-bond donors (Lipinski definition) is 2. The summed E-state index contributed by atoms with van der Waals surface area (Å²) in [6.45, 7) is 0.301. The van der Waals surface area contributed by atoms with Crippen LogP contribution < -0.4 is 20.3 Å². The molecule has 0 aliphatic carbocycles. The van der Waals surface area contributed by atoms with Gasteiger partial charge in [0.15, 0.2) is 0 Å². The largest absolute Gasteiger partial charge is 0.497 e. The molecule has 0 amide bonds. The van der Waals surface area contributed by atoms with Gasteiger partial charge in [0.05, 0.1) is 30.3 Å². The van der Waals surface area contributed by atoms with Gasteiger partial charge in [-0.1, -0.05) is 11.6 Å². The molecule has 0 saturated carbocycles. The van der Waals surface area contributed by atoms with Crippen molar-refractivity contribution in [1.29, 1.82) is 5.26 Å². The first kappa shape index (κ1) is 17.6. The predicted octanol–water partition coefficient (Wildman–Crippen LogP) is 3.68. The van der Waals surface area contributed by atoms with Crippen molar-refractivity contribution in [3.05, 3.63) is 62.9 Å². The highest BCUT2D eigenvalue weighted by atomic mass is 35.5. The highest BCUT2D eigenvalue weighted by Crippen LogP contribution is 2.27. The number of aromatic nitrogens is 1. The highest BCUT2D eigenvalue weighted by molar-refractivity contribution is 6.35. The molecule has 26 heavy (non-hydrogen) atoms. The number of hydrogen-bond acceptors (Lipinski definition) is 5. The lowest BCUT2D eigenvalue weighted by atomic mass is 10.1. The van der Waals surface area contributed by atoms with E-state index in [1.54, 1.807) is 37.4 Å². The lowest BCUT2D eigenvalue weighted by molar-refractivity contribution is 0.413. The van der Waals surface area contributed by atoms with Gasteiger partial charge in [-0.3, -0.25) is 4.79 Å². The van der Waals surface area contributed by atoms with Crippen molar-refractivity contribution >= 4 is 28.2 Å². The molecule has 2 N–H and O–H groups in total. The molecule has 0 saturated heterocycles. The Morgan fingerprint density at radius 2 is 2.00 bits per heavy atom. The number of nitrogens with zero attached hydrogens (tertiary/aromatic N) is 1. The monoisotopic (exact) mass is 369 g/mol. The minimum absolute atomic E-state index is 0.224. The molecule has 132 valence electrons. The summed E-state index contributed by atoms with van der Waals surface area (Å²) in [5, 5.41) is 13.4. The van der Waals surface area contributed by atoms with Crippen LogP contribution in [-0.4, -0.2) is 19.2 Å². The molecule has 7 heteroatoms. The van der Waals surface area contributed by atoms with Crippen LogP contribution in [0.3, 0.4) is 0 Å². The zero-order valence-electron chi connectivity index (χ0n) is 14.2. The number of anilines is 1. The second-order valence-electron chi connectivity index (χ2n) is 5.58. The van der Waals surface area contributed by atoms with Crippen molar-refractivity contribution in [3.63, 3.8) is 0 Å². The minimum Gasteiger partial charge on any atom is -0.497 e. The summed E-state index contributed by atoms with van der Waals surface area (Å²) in [6.07, 6.45) is 0. The summed E-state index contributed by atoms with van der Waals surface area (Å²) in [5.41, 5.74) is 2.08. The molecular weight excluding hydrogens is 354 g/mol. The Kier molecular flexibility index (Phi) is 5.01. The third-order valence-corrected chi connectivity index (χ3v) is 4.29. The zero-order valence-corrected chi connectivity index (χ0v) is 15.0. The van der Waals surface area contributed by atoms with Crippen molar-refractivity contribution < 1.29 is 9.47 Å². The Labute approximate surface area is 154 Å². The summed E-state index contributed by atoms with van der Waals surface area (Å²) in [6, 6.07) is 12.4. The third-order valence-electron chi connectivity index (χ3n) is 3.99. The van der Waals surface area contributed by atoms with E-state index in [0.717, 1.165) is 11.1 Å². The molecule has 3 rings (SSSR count). The molecule has 3 aromatic rings. The third kappa shape index (κ3) is 3.44. The maximum absolute atomic E-state index is 12.3. The molecule has 2 aromatic carbocycles. The van der Waals surface area contributed by atoms with E-state index in [1.165, 1.54) is 7.11 Å². The molecule has 0 radical (unpaired) electrons. The van der Waals surface area contributed by atoms with E-state index in [4.69, 9.17) is 26.3 Å². The van der Waals surface area contributed by atoms with Gasteiger partial charge in [-0.2, -0.15) is 5.26 Å². The molecule has 0 spiro atoms. The topological polar surface area (TPSA) is 87.1 Å². The Morgan fingerprint density at radius 1 is 1.19 bits per heavy atom. The first-order valence-corrected chi connectivity index (χ1v) is 8.15. The van der Waals surface area contributed by atoms with Crippen LogP contribution in [0.2, 0.25) is 5.02 Å². The maximum Gasteiger partial charge on any atom is 0.253 e. The Hall–Kier alpha value is -3.17. The van der Waals surface area contributed by atoms with E-state index >= 15 is 0 Å². The average molecular weight is 370 g/mol. The van der Waals surface area contributed by atoms with E-state index in [-0.39, 0.29) is 5.56 Å². The molecule has 0 bridgehead atoms. The van der Waals surface area contributed by atoms with Crippen LogP contribution in [-0.2, 0) is 6.54 Å². The summed E-state index contributed by atoms with van der Waals surface area (Å²) in [5.74, 6) is 1.09. The van der Waals surface area contributed by atoms with Crippen molar-refractivity contribution in [2.45, 2.75) is 6.54 Å². The number of aromatic amines is 1. The van der Waals surface area contributed by atoms with Gasteiger partial charge in [0.1, 0.15) is 17.6 Å². The quantitative estimate of drug-likeness (QED) is 0.716. The molecule has 0 aliphatic heterocycles. The standard InChI is InChI=1S/C19H16ClN3O3/c1-25-15-6-12-5-13(19(24)23-18(12)16(20)8-15)10-22-14-4-3-11(9-21)17(7-14)26-2/h3-8,22H,10H2,1-2H3,(H,23,24). The number of fused-ring (bicyclic) bond motifs is 1. The van der Waals surface area contributed by atoms with E-state index < -0.39 is 0 Å². The number of methoxy groups -OCH3 is 2. The zero-order chi connectivity index (χ0) is 18.7. The summed E-state index contributed by atoms with van der Waals surface area (Å²) in [4.78, 5) is 15.1. The number of pyridine rings is 1. The first-order valence-electron chi connectivity index (χ1n) is 7.77. The average Bonchev–Trinajstić information content (AvgIpc) is 2.66. The lowest BCUT2D eigenvalue weighted by Crippen LogP contribution is -2.15. The number of nitrogens with one attached hydrogen (secondary N) is 2. The van der Waals surface area contributed by atoms with Gasteiger partial charge in [0.25, 0.3) is 5.56 Å². The number of halogens is 1. The number of ether oxygens (including phenoxy) is 2. The highest BCUT2D eigenvalue weighted by Gasteiger charge is 2.09. The summed E-state index contributed by atoms with van der Waals surface area (Å²) >= 11 is 6.19. The van der Waals surface area contributed by atoms with Crippen LogP contribution in [0.15, 0.2) is 41.2 Å². The fraction of sp³-hybridized carbons (Fsp3) is 0.158. The molecule has 0 aliphatic rings. The second kappa shape index (κ2) is 7.38. The Bertz CT molecular complexity index is 1070. The lowest BCUT2D eigenvalue weighted by Gasteiger charge is -2.10. The number of rotatable bonds is 5. The molecule has 1 aromatic heterocycles. The SMILES string of the molecule is COc1cc(Cl)c2[nH]c(=O)c(CNc3ccc(C#N)c(OC)c3)cc2c1. The molecule has 0 unspecified atom stereocenters. The Morgan fingerprint density at radius 3 is 2.69 bits per heavy atom. The normalized spacial score (nSPS) is 10.4. The first-order chi connectivity index (χ1) is 12.5. The molecule has 0 fully saturated rings. The van der Waals surface area contributed by atoms with E-state index in [9.17, 15) is 4.79 Å². The van der Waals surface area contributed by atoms with Crippen molar-refractivity contribution in [2.75, 3.05) is 19.5 Å². The van der Waals surface area contributed by atoms with Crippen LogP contribution in [0.25, 0.3) is 10.9 Å². The van der Waals surface area contributed by atoms with Gasteiger partial charge in [0, 0.05) is 35.3 Å². The van der Waals surface area contributed by atoms with Crippen LogP contribution in [0.1, 0.15) is 11.1 Å². The van der Waals surface area contributed by atoms with Crippen LogP contribution in [0.5, 0.6) is 11.5 Å². The summed E-state index contributed by atoms with van der Waals surface area (Å²) in [7, 11) is 3.06. The second-order valence-corrected chi connectivity index (χ2v) is 5.98. The number of benzene rings is 2. The van der Waals surface area contributed by atoms with Crippen LogP contribution >= 0.6 is 11.6 Å². The van der Waals surface area contributed by atoms with Gasteiger partial charge in [-0.05, 0) is 24.3 Å². The Balaban J connectivity index is 1.90. The van der Waals surface area contributed by atoms with E-state index in [1.807, 2.05) is 6.07 Å². The maximum atomic E-state index is 12.3. The fourth-order valence-electron chi connectivity index (χ4n) is 2.63. The van der Waals surface area contributed by atoms with E-state index in [0.29, 0.717) is 39.7 Å². The van der Waals surface area contributed by atoms with Crippen LogP contribution in [0.4, 0.5) is 5.69 Å². The predicted molar refractivity (Wildman–Crippen MR) is 101 cm³/mol. The van der Waals surface area contributed by atoms with Crippen molar-refractivity contribution in [3.8, 4) is 17.6 Å². The van der Waals surface area contributed by atoms with Gasteiger partial charge in [-0.15, -0.1) is 0 Å². The van der Waals surface area contributed by atoms with E-state index in [2.05, 4.69) is 16.4 Å². The van der Waals surface area contributed by atoms with Crippen LogP contribution in [0, 0.1) is 11.3 Å². The molecule has 0 atom stereocenters. The molecule has 6 nitrogen and oxygen atoms in total. The smallest absolute Gasteiger partial charge is 0.253 e. The number of H-pyrrole nitrogens is 1. The van der Waals surface area contributed by atoms with Gasteiger partial charge in [0.2, 0.25) is 0 Å². The minimum atomic E-state index is -0.224. The summed E-state index contributed by atoms with van der Waals surface area (Å²) < 4.78 is 10.4. The molecular formula is C19H16ClN3O3. The van der Waals surface area contributed by atoms with Gasteiger partial charge >= 0.3 is 0 Å².